The topological polar surface area (TPSA) is 84.9 Å². The number of carbonyl (C=O) groups is 2. The van der Waals surface area contributed by atoms with Crippen LogP contribution in [0.1, 0.15) is 58.6 Å². The number of fused-ring (bicyclic) bond motifs is 1. The number of methoxy groups -OCH3 is 1. The van der Waals surface area contributed by atoms with Crippen molar-refractivity contribution in [3.8, 4) is 16.9 Å². The van der Waals surface area contributed by atoms with E-state index in [1.807, 2.05) is 26.0 Å². The van der Waals surface area contributed by atoms with Gasteiger partial charge in [0.1, 0.15) is 5.75 Å². The summed E-state index contributed by atoms with van der Waals surface area (Å²) in [6.07, 6.45) is 3.87. The van der Waals surface area contributed by atoms with Crippen LogP contribution in [0.3, 0.4) is 0 Å². The van der Waals surface area contributed by atoms with Crippen LogP contribution in [0.25, 0.3) is 11.1 Å². The van der Waals surface area contributed by atoms with Gasteiger partial charge in [-0.05, 0) is 114 Å². The summed E-state index contributed by atoms with van der Waals surface area (Å²) in [7, 11) is 1.47. The molecule has 38 heavy (non-hydrogen) atoms. The van der Waals surface area contributed by atoms with Gasteiger partial charge >= 0.3 is 11.9 Å². The zero-order chi connectivity index (χ0) is 27.0. The first kappa shape index (κ1) is 25.8. The predicted molar refractivity (Wildman–Crippen MR) is 148 cm³/mol. The maximum Gasteiger partial charge on any atom is 0.341 e. The third-order valence-electron chi connectivity index (χ3n) is 8.36. The van der Waals surface area contributed by atoms with Crippen molar-refractivity contribution < 1.29 is 24.2 Å². The van der Waals surface area contributed by atoms with Crippen molar-refractivity contribution in [1.82, 2.24) is 0 Å². The van der Waals surface area contributed by atoms with E-state index in [-0.39, 0.29) is 23.9 Å². The number of rotatable bonds is 9. The molecule has 1 spiro atoms. The van der Waals surface area contributed by atoms with Gasteiger partial charge in [0.15, 0.2) is 6.61 Å². The Kier molecular flexibility index (Phi) is 6.91. The Morgan fingerprint density at radius 3 is 2.45 bits per heavy atom. The summed E-state index contributed by atoms with van der Waals surface area (Å²) in [4.78, 5) is 22.9. The molecule has 0 heterocycles. The first-order chi connectivity index (χ1) is 18.2. The Morgan fingerprint density at radius 2 is 1.79 bits per heavy atom. The molecule has 6 heteroatoms. The van der Waals surface area contributed by atoms with E-state index in [9.17, 15) is 9.59 Å². The fourth-order valence-corrected chi connectivity index (χ4v) is 6.22. The number of benzene rings is 3. The molecular weight excluding hydrogens is 478 g/mol. The first-order valence-electron chi connectivity index (χ1n) is 13.2. The highest BCUT2D eigenvalue weighted by molar-refractivity contribution is 5.76. The lowest BCUT2D eigenvalue weighted by molar-refractivity contribution is -0.141. The van der Waals surface area contributed by atoms with Crippen LogP contribution >= 0.6 is 0 Å². The van der Waals surface area contributed by atoms with E-state index in [2.05, 4.69) is 48.6 Å². The highest BCUT2D eigenvalue weighted by Crippen LogP contribution is 2.64. The summed E-state index contributed by atoms with van der Waals surface area (Å²) in [6, 6.07) is 16.8. The van der Waals surface area contributed by atoms with Gasteiger partial charge in [0.2, 0.25) is 0 Å². The van der Waals surface area contributed by atoms with Crippen LogP contribution in [0, 0.1) is 26.2 Å². The maximum atomic E-state index is 12.0. The van der Waals surface area contributed by atoms with E-state index < -0.39 is 5.97 Å². The minimum absolute atomic E-state index is 0.125. The summed E-state index contributed by atoms with van der Waals surface area (Å²) in [5.74, 6) is -0.276. The molecule has 0 radical (unpaired) electrons. The third-order valence-corrected chi connectivity index (χ3v) is 8.36. The van der Waals surface area contributed by atoms with Crippen molar-refractivity contribution in [3.05, 3.63) is 81.9 Å². The first-order valence-corrected chi connectivity index (χ1v) is 13.2. The van der Waals surface area contributed by atoms with E-state index in [0.29, 0.717) is 18.7 Å². The van der Waals surface area contributed by atoms with Crippen LogP contribution in [0.15, 0.2) is 48.5 Å². The van der Waals surface area contributed by atoms with Gasteiger partial charge in [0, 0.05) is 18.2 Å². The van der Waals surface area contributed by atoms with Crippen molar-refractivity contribution in [2.45, 2.75) is 58.9 Å². The number of aliphatic carboxylic acids is 1. The zero-order valence-corrected chi connectivity index (χ0v) is 22.5. The molecule has 6 nitrogen and oxygen atoms in total. The number of aryl methyl sites for hydroxylation is 2. The minimum atomic E-state index is -0.989. The van der Waals surface area contributed by atoms with Gasteiger partial charge in [-0.1, -0.05) is 24.3 Å². The molecule has 1 fully saturated rings. The summed E-state index contributed by atoms with van der Waals surface area (Å²) in [5.41, 5.74) is 10.8. The van der Waals surface area contributed by atoms with E-state index in [0.717, 1.165) is 28.8 Å². The standard InChI is InChI=1S/C32H35NO5/c1-19-12-25(38-18-29(34)35)13-20(2)31(19)26-7-5-6-22(21(26)3)17-33-24-8-9-27-23(14-24)16-32(10-11-32)28(27)15-30(36)37-4/h5-9,12-14,28,33H,10-11,15-18H2,1-4H3,(H,34,35). The van der Waals surface area contributed by atoms with Gasteiger partial charge in [-0.3, -0.25) is 4.79 Å². The quantitative estimate of drug-likeness (QED) is 0.325. The molecule has 0 saturated heterocycles. The average Bonchev–Trinajstić information content (AvgIpc) is 3.59. The Bertz CT molecular complexity index is 1380. The van der Waals surface area contributed by atoms with Crippen molar-refractivity contribution in [2.24, 2.45) is 5.41 Å². The zero-order valence-electron chi connectivity index (χ0n) is 22.5. The SMILES string of the molecule is COC(=O)CC1c2ccc(NCc3cccc(-c4c(C)cc(OCC(=O)O)cc4C)c3C)cc2CC12CC2. The molecule has 3 aromatic carbocycles. The van der Waals surface area contributed by atoms with Crippen molar-refractivity contribution in [1.29, 1.82) is 0 Å². The van der Waals surface area contributed by atoms with Crippen LogP contribution in [0.2, 0.25) is 0 Å². The molecule has 0 bridgehead atoms. The second-order valence-corrected chi connectivity index (χ2v) is 10.8. The number of nitrogens with one attached hydrogen (secondary N) is 1. The summed E-state index contributed by atoms with van der Waals surface area (Å²) in [6.45, 7) is 6.56. The lowest BCUT2D eigenvalue weighted by atomic mass is 9.87. The van der Waals surface area contributed by atoms with Gasteiger partial charge < -0.3 is 19.9 Å². The number of hydrogen-bond acceptors (Lipinski definition) is 5. The number of anilines is 1. The van der Waals surface area contributed by atoms with Crippen molar-refractivity contribution in [3.63, 3.8) is 0 Å². The molecule has 0 aliphatic heterocycles. The van der Waals surface area contributed by atoms with Crippen molar-refractivity contribution >= 4 is 17.6 Å². The smallest absolute Gasteiger partial charge is 0.341 e. The van der Waals surface area contributed by atoms with Crippen LogP contribution in [0.4, 0.5) is 5.69 Å². The molecule has 2 N–H and O–H groups in total. The van der Waals surface area contributed by atoms with Crippen LogP contribution in [-0.4, -0.2) is 30.8 Å². The van der Waals surface area contributed by atoms with Crippen LogP contribution in [0.5, 0.6) is 5.75 Å². The van der Waals surface area contributed by atoms with Gasteiger partial charge in [-0.2, -0.15) is 0 Å². The molecule has 1 unspecified atom stereocenters. The number of esters is 1. The second kappa shape index (κ2) is 10.2. The summed E-state index contributed by atoms with van der Waals surface area (Å²) >= 11 is 0. The highest BCUT2D eigenvalue weighted by Gasteiger charge is 2.54. The van der Waals surface area contributed by atoms with E-state index in [1.165, 1.54) is 47.8 Å². The van der Waals surface area contributed by atoms with Crippen LogP contribution < -0.4 is 10.1 Å². The Balaban J connectivity index is 1.33. The highest BCUT2D eigenvalue weighted by atomic mass is 16.5. The predicted octanol–water partition coefficient (Wildman–Crippen LogP) is 6.34. The molecule has 1 atom stereocenters. The molecule has 5 rings (SSSR count). The van der Waals surface area contributed by atoms with Gasteiger partial charge in [-0.15, -0.1) is 0 Å². The molecule has 1 saturated carbocycles. The Hall–Kier alpha value is -3.80. The number of carbonyl (C=O) groups excluding carboxylic acids is 1. The molecule has 2 aliphatic rings. The fourth-order valence-electron chi connectivity index (χ4n) is 6.22. The third kappa shape index (κ3) is 5.00. The number of hydrogen-bond donors (Lipinski definition) is 2. The van der Waals surface area contributed by atoms with Crippen LogP contribution in [-0.2, 0) is 27.3 Å². The molecule has 0 amide bonds. The molecule has 2 aliphatic carbocycles. The number of ether oxygens (including phenoxy) is 2. The Morgan fingerprint density at radius 1 is 1.05 bits per heavy atom. The molecule has 198 valence electrons. The average molecular weight is 514 g/mol. The normalized spacial score (nSPS) is 16.7. The number of carboxylic acid groups (broad SMARTS) is 1. The minimum Gasteiger partial charge on any atom is -0.482 e. The summed E-state index contributed by atoms with van der Waals surface area (Å²) in [5, 5.41) is 12.5. The van der Waals surface area contributed by atoms with Crippen molar-refractivity contribution in [2.75, 3.05) is 19.0 Å². The maximum absolute atomic E-state index is 12.0. The second-order valence-electron chi connectivity index (χ2n) is 10.8. The van der Waals surface area contributed by atoms with Gasteiger partial charge in [0.05, 0.1) is 13.5 Å². The Labute approximate surface area is 224 Å². The monoisotopic (exact) mass is 513 g/mol. The largest absolute Gasteiger partial charge is 0.482 e. The van der Waals surface area contributed by atoms with Gasteiger partial charge in [-0.25, -0.2) is 4.79 Å². The lowest BCUT2D eigenvalue weighted by Gasteiger charge is -2.18. The fraction of sp³-hybridized carbons (Fsp3) is 0.375. The molecular formula is C32H35NO5. The van der Waals surface area contributed by atoms with Gasteiger partial charge in [0.25, 0.3) is 0 Å². The lowest BCUT2D eigenvalue weighted by Crippen LogP contribution is -2.14. The van der Waals surface area contributed by atoms with E-state index in [1.54, 1.807) is 0 Å². The summed E-state index contributed by atoms with van der Waals surface area (Å²) < 4.78 is 10.4. The van der Waals surface area contributed by atoms with E-state index in [4.69, 9.17) is 14.6 Å². The molecule has 0 aromatic heterocycles. The number of carboxylic acids is 1. The molecule has 3 aromatic rings. The van der Waals surface area contributed by atoms with E-state index >= 15 is 0 Å².